The van der Waals surface area contributed by atoms with E-state index in [1.807, 2.05) is 0 Å². The van der Waals surface area contributed by atoms with E-state index in [4.69, 9.17) is 27.3 Å². The van der Waals surface area contributed by atoms with E-state index in [0.29, 0.717) is 17.3 Å². The molecule has 1 rings (SSSR count). The van der Waals surface area contributed by atoms with Crippen LogP contribution in [0.3, 0.4) is 0 Å². The number of rotatable bonds is 18. The molecule has 0 spiro atoms. The van der Waals surface area contributed by atoms with Crippen LogP contribution in [0.4, 0.5) is 0 Å². The molecule has 0 amide bonds. The summed E-state index contributed by atoms with van der Waals surface area (Å²) >= 11 is 0. The van der Waals surface area contributed by atoms with Crippen LogP contribution in [0.15, 0.2) is 0 Å². The van der Waals surface area contributed by atoms with E-state index >= 15 is 0 Å². The molecule has 1 saturated heterocycles. The van der Waals surface area contributed by atoms with Crippen molar-refractivity contribution in [3.05, 3.63) is 0 Å². The first kappa shape index (κ1) is 35.2. The van der Waals surface area contributed by atoms with Gasteiger partial charge in [-0.1, -0.05) is 50.2 Å². The number of unbranched alkanes of at least 4 members (excludes halogenated alkanes) is 6. The van der Waals surface area contributed by atoms with Crippen LogP contribution < -0.4 is 0 Å². The molecule has 0 aromatic heterocycles. The SMILES string of the molecule is O=S(O)(O)=[SH]CCCCCN1CN(CCCCC[SH]=S(=O)(O)O)CN(CCCCC[SH]=S(=O)(O)O)C1. The normalized spacial score (nSPS) is 17.2. The summed E-state index contributed by atoms with van der Waals surface area (Å²) in [6.07, 6.45) is 7.94. The van der Waals surface area contributed by atoms with Crippen LogP contribution >= 0.6 is 0 Å². The quantitative estimate of drug-likeness (QED) is 0.0773. The number of hydrogen-bond acceptors (Lipinski definition) is 6. The van der Waals surface area contributed by atoms with Gasteiger partial charge in [0, 0.05) is 19.6 Å². The lowest BCUT2D eigenvalue weighted by atomic mass is 10.2. The van der Waals surface area contributed by atoms with Crippen LogP contribution in [-0.4, -0.2) is 112 Å². The minimum atomic E-state index is -3.67. The highest BCUT2D eigenvalue weighted by Crippen LogP contribution is 2.12. The highest BCUT2D eigenvalue weighted by Gasteiger charge is 2.22. The number of thiol groups is 3. The van der Waals surface area contributed by atoms with E-state index in [1.165, 1.54) is 0 Å². The van der Waals surface area contributed by atoms with E-state index < -0.39 is 27.2 Å². The highest BCUT2D eigenvalue weighted by atomic mass is 32.9. The van der Waals surface area contributed by atoms with Gasteiger partial charge in [0.15, 0.2) is 0 Å². The lowest BCUT2D eigenvalue weighted by Crippen LogP contribution is -2.55. The van der Waals surface area contributed by atoms with E-state index in [-0.39, 0.29) is 31.0 Å². The Bertz CT molecular complexity index is 835. The van der Waals surface area contributed by atoms with E-state index in [0.717, 1.165) is 97.4 Å². The summed E-state index contributed by atoms with van der Waals surface area (Å²) in [4.78, 5) is 7.12. The molecule has 0 unspecified atom stereocenters. The molecule has 1 aliphatic heterocycles. The molecule has 36 heavy (non-hydrogen) atoms. The molecule has 0 aromatic carbocycles. The van der Waals surface area contributed by atoms with Gasteiger partial charge in [-0.2, -0.15) is 0 Å². The van der Waals surface area contributed by atoms with Gasteiger partial charge in [0.2, 0.25) is 27.2 Å². The third-order valence-electron chi connectivity index (χ3n) is 5.38. The molecule has 222 valence electrons. The fourth-order valence-electron chi connectivity index (χ4n) is 3.83. The third kappa shape index (κ3) is 22.0. The summed E-state index contributed by atoms with van der Waals surface area (Å²) in [7, 11) is -10.5. The van der Waals surface area contributed by atoms with Gasteiger partial charge in [-0.05, 0) is 55.8 Å². The van der Waals surface area contributed by atoms with Crippen molar-refractivity contribution < 1.29 is 39.9 Å². The van der Waals surface area contributed by atoms with Gasteiger partial charge in [0.1, 0.15) is 0 Å². The lowest BCUT2D eigenvalue weighted by molar-refractivity contribution is -0.0310. The monoisotopic (exact) mass is 639 g/mol. The molecule has 0 aliphatic carbocycles. The van der Waals surface area contributed by atoms with Crippen molar-refractivity contribution in [3.63, 3.8) is 0 Å². The highest BCUT2D eigenvalue weighted by molar-refractivity contribution is 8.34. The standard InChI is InChI=1S/C18H45N3O9S6/c22-34(23,24)31-13-7-1-4-10-19-16-20(11-5-2-8-14-32-35(25,26)27)18-21(17-19)12-6-3-9-15-33-36(28,29)30/h31-33H,1-18H2,(H2,22,23,24)(H2,25,26,27)(H2,28,29,30). The Balaban J connectivity index is 2.46. The van der Waals surface area contributed by atoms with Crippen molar-refractivity contribution >= 4 is 58.1 Å². The Morgan fingerprint density at radius 3 is 0.917 bits per heavy atom. The molecule has 0 aromatic rings. The molecule has 1 heterocycles. The summed E-state index contributed by atoms with van der Waals surface area (Å²) in [6.45, 7) is 5.23. The zero-order valence-electron chi connectivity index (χ0n) is 20.5. The fourth-order valence-corrected chi connectivity index (χ4v) is 8.90. The summed E-state index contributed by atoms with van der Waals surface area (Å²) in [6, 6.07) is 0. The maximum absolute atomic E-state index is 10.9. The van der Waals surface area contributed by atoms with Crippen LogP contribution in [0.1, 0.15) is 57.8 Å². The Morgan fingerprint density at radius 1 is 0.444 bits per heavy atom. The average Bonchev–Trinajstić information content (AvgIpc) is 2.73. The second-order valence-electron chi connectivity index (χ2n) is 8.75. The Kier molecular flexibility index (Phi) is 18.1. The van der Waals surface area contributed by atoms with Crippen molar-refractivity contribution in [1.29, 1.82) is 0 Å². The molecule has 6 N–H and O–H groups in total. The molecule has 12 nitrogen and oxygen atoms in total. The molecule has 0 radical (unpaired) electrons. The minimum Gasteiger partial charge on any atom is -0.289 e. The molecule has 0 atom stereocenters. The van der Waals surface area contributed by atoms with Crippen LogP contribution in [0.2, 0.25) is 0 Å². The van der Waals surface area contributed by atoms with Gasteiger partial charge in [-0.15, -0.1) is 0 Å². The summed E-state index contributed by atoms with van der Waals surface area (Å²) in [5.74, 6) is 1.48. The smallest absolute Gasteiger partial charge is 0.220 e. The van der Waals surface area contributed by atoms with E-state index in [2.05, 4.69) is 14.7 Å². The summed E-state index contributed by atoms with van der Waals surface area (Å²) in [5.41, 5.74) is 0. The molecule has 1 aliphatic rings. The Morgan fingerprint density at radius 2 is 0.694 bits per heavy atom. The first-order valence-electron chi connectivity index (χ1n) is 11.9. The molecule has 18 heteroatoms. The Hall–Kier alpha value is 1.14. The topological polar surface area (TPSA) is 182 Å². The predicted molar refractivity (Wildman–Crippen MR) is 157 cm³/mol. The van der Waals surface area contributed by atoms with Crippen LogP contribution in [0, 0.1) is 0 Å². The molecular weight excluding hydrogens is 595 g/mol. The van der Waals surface area contributed by atoms with Crippen molar-refractivity contribution in [2.75, 3.05) is 56.9 Å². The maximum Gasteiger partial charge on any atom is 0.220 e. The van der Waals surface area contributed by atoms with Crippen LogP contribution in [0.25, 0.3) is 0 Å². The molecule has 0 saturated carbocycles. The van der Waals surface area contributed by atoms with E-state index in [9.17, 15) is 12.6 Å². The van der Waals surface area contributed by atoms with Gasteiger partial charge in [-0.25, -0.2) is 12.6 Å². The average molecular weight is 640 g/mol. The van der Waals surface area contributed by atoms with E-state index in [1.54, 1.807) is 0 Å². The van der Waals surface area contributed by atoms with Crippen LogP contribution in [0.5, 0.6) is 0 Å². The predicted octanol–water partition coefficient (Wildman–Crippen LogP) is 1.17. The molecular formula is C18H45N3O9S6. The number of hydrogen-bond donors (Lipinski definition) is 9. The number of nitrogens with zero attached hydrogens (tertiary/aromatic N) is 3. The fraction of sp³-hybridized carbons (Fsp3) is 1.00. The van der Waals surface area contributed by atoms with Crippen molar-refractivity contribution in [1.82, 2.24) is 14.7 Å². The zero-order chi connectivity index (χ0) is 27.1. The first-order valence-corrected chi connectivity index (χ1v) is 21.4. The van der Waals surface area contributed by atoms with Crippen molar-refractivity contribution in [2.45, 2.75) is 57.8 Å². The largest absolute Gasteiger partial charge is 0.289 e. The molecule has 0 bridgehead atoms. The zero-order valence-corrected chi connectivity index (χ0v) is 25.7. The van der Waals surface area contributed by atoms with Crippen molar-refractivity contribution in [3.8, 4) is 0 Å². The Labute approximate surface area is 226 Å². The van der Waals surface area contributed by atoms with Crippen molar-refractivity contribution in [2.24, 2.45) is 0 Å². The molecule has 1 fully saturated rings. The van der Waals surface area contributed by atoms with Gasteiger partial charge in [0.25, 0.3) is 0 Å². The second-order valence-corrected chi connectivity index (χ2v) is 20.3. The lowest BCUT2D eigenvalue weighted by Gasteiger charge is -2.42. The summed E-state index contributed by atoms with van der Waals surface area (Å²) < 4.78 is 86.3. The second kappa shape index (κ2) is 18.5. The third-order valence-corrected chi connectivity index (χ3v) is 12.6. The van der Waals surface area contributed by atoms with Gasteiger partial charge < -0.3 is 0 Å². The van der Waals surface area contributed by atoms with Gasteiger partial charge >= 0.3 is 0 Å². The minimum absolute atomic E-state index is 0.168. The first-order chi connectivity index (χ1) is 16.7. The maximum atomic E-state index is 10.9. The van der Waals surface area contributed by atoms with Gasteiger partial charge in [0.05, 0.1) is 20.0 Å². The van der Waals surface area contributed by atoms with Gasteiger partial charge in [-0.3, -0.25) is 42.0 Å². The van der Waals surface area contributed by atoms with Crippen LogP contribution in [-0.2, 0) is 58.1 Å². The summed E-state index contributed by atoms with van der Waals surface area (Å²) in [5, 5.41) is 0.